The first-order valence-corrected chi connectivity index (χ1v) is 9.32. The molecule has 1 aliphatic rings. The van der Waals surface area contributed by atoms with Gasteiger partial charge >= 0.3 is 5.97 Å². The van der Waals surface area contributed by atoms with E-state index in [1.165, 1.54) is 0 Å². The minimum Gasteiger partial charge on any atom is -0.460 e. The first-order chi connectivity index (χ1) is 13.7. The summed E-state index contributed by atoms with van der Waals surface area (Å²) in [5.41, 5.74) is 2.46. The minimum absolute atomic E-state index is 0.116. The molecule has 1 amide bonds. The van der Waals surface area contributed by atoms with Crippen LogP contribution in [0.5, 0.6) is 0 Å². The number of aromatic nitrogens is 2. The molecule has 1 fully saturated rings. The normalized spacial score (nSPS) is 14.3. The second-order valence-corrected chi connectivity index (χ2v) is 6.91. The maximum Gasteiger partial charge on any atom is 0.323 e. The number of hydrogen-bond acceptors (Lipinski definition) is 4. The van der Waals surface area contributed by atoms with Crippen LogP contribution >= 0.6 is 0 Å². The van der Waals surface area contributed by atoms with Gasteiger partial charge in [0.05, 0.1) is 0 Å². The predicted molar refractivity (Wildman–Crippen MR) is 105 cm³/mol. The van der Waals surface area contributed by atoms with E-state index in [-0.39, 0.29) is 6.61 Å². The van der Waals surface area contributed by atoms with Crippen LogP contribution in [0.1, 0.15) is 41.5 Å². The van der Waals surface area contributed by atoms with Crippen LogP contribution < -0.4 is 5.32 Å². The maximum atomic E-state index is 12.9. The van der Waals surface area contributed by atoms with Crippen LogP contribution in [-0.4, -0.2) is 22.1 Å². The third-order valence-electron chi connectivity index (χ3n) is 4.72. The van der Waals surface area contributed by atoms with Crippen LogP contribution in [0.3, 0.4) is 0 Å². The van der Waals surface area contributed by atoms with Crippen molar-refractivity contribution < 1.29 is 14.3 Å². The molecule has 6 heteroatoms. The number of esters is 1. The van der Waals surface area contributed by atoms with Crippen molar-refractivity contribution in [3.05, 3.63) is 83.6 Å². The monoisotopic (exact) mass is 375 g/mol. The first-order valence-electron chi connectivity index (χ1n) is 9.32. The Labute approximate surface area is 162 Å². The van der Waals surface area contributed by atoms with E-state index in [9.17, 15) is 9.59 Å². The van der Waals surface area contributed by atoms with Gasteiger partial charge in [0, 0.05) is 17.7 Å². The predicted octanol–water partition coefficient (Wildman–Crippen LogP) is 3.75. The van der Waals surface area contributed by atoms with Gasteiger partial charge in [-0.05, 0) is 24.0 Å². The van der Waals surface area contributed by atoms with Crippen molar-refractivity contribution in [2.24, 2.45) is 0 Å². The summed E-state index contributed by atoms with van der Waals surface area (Å²) in [6.07, 6.45) is 2.27. The zero-order chi connectivity index (χ0) is 19.3. The number of amides is 1. The van der Waals surface area contributed by atoms with Crippen molar-refractivity contribution in [1.82, 2.24) is 10.2 Å². The summed E-state index contributed by atoms with van der Waals surface area (Å²) < 4.78 is 5.43. The van der Waals surface area contributed by atoms with Gasteiger partial charge in [-0.25, -0.2) is 0 Å². The molecule has 2 N–H and O–H groups in total. The lowest BCUT2D eigenvalue weighted by atomic mass is 9.98. The second kappa shape index (κ2) is 8.08. The van der Waals surface area contributed by atoms with Crippen LogP contribution in [-0.2, 0) is 20.9 Å². The van der Waals surface area contributed by atoms with Gasteiger partial charge in [0.15, 0.2) is 11.7 Å². The quantitative estimate of drug-likeness (QED) is 0.487. The summed E-state index contributed by atoms with van der Waals surface area (Å²) in [5, 5.41) is 9.82. The van der Waals surface area contributed by atoms with E-state index in [2.05, 4.69) is 15.5 Å². The molecule has 1 saturated carbocycles. The summed E-state index contributed by atoms with van der Waals surface area (Å²) in [6, 6.07) is 20.1. The van der Waals surface area contributed by atoms with Crippen LogP contribution in [0.4, 0.5) is 5.82 Å². The molecule has 0 saturated heterocycles. The van der Waals surface area contributed by atoms with E-state index in [4.69, 9.17) is 4.74 Å². The van der Waals surface area contributed by atoms with Gasteiger partial charge in [-0.2, -0.15) is 5.10 Å². The van der Waals surface area contributed by atoms with Crippen LogP contribution in [0.25, 0.3) is 0 Å². The molecule has 2 aromatic carbocycles. The van der Waals surface area contributed by atoms with Gasteiger partial charge in [0.2, 0.25) is 5.91 Å². The Hall–Kier alpha value is -3.41. The number of anilines is 1. The number of nitrogens with zero attached hydrogens (tertiary/aromatic N) is 1. The van der Waals surface area contributed by atoms with Gasteiger partial charge in [-0.15, -0.1) is 0 Å². The molecule has 1 aromatic heterocycles. The SMILES string of the molecule is O=C(Nc1cc(C2CC2)[nH]n1)C(C(=O)OCc1ccccc1)c1ccccc1. The average molecular weight is 375 g/mol. The van der Waals surface area contributed by atoms with E-state index >= 15 is 0 Å². The Morgan fingerprint density at radius 1 is 1.07 bits per heavy atom. The van der Waals surface area contributed by atoms with E-state index in [0.717, 1.165) is 24.1 Å². The topological polar surface area (TPSA) is 84.1 Å². The molecule has 3 aromatic rings. The summed E-state index contributed by atoms with van der Waals surface area (Å²) in [5.74, 6) is -1.20. The van der Waals surface area contributed by atoms with E-state index < -0.39 is 17.8 Å². The van der Waals surface area contributed by atoms with Crippen molar-refractivity contribution in [2.45, 2.75) is 31.3 Å². The van der Waals surface area contributed by atoms with Crippen molar-refractivity contribution in [3.8, 4) is 0 Å². The van der Waals surface area contributed by atoms with Crippen LogP contribution in [0.2, 0.25) is 0 Å². The van der Waals surface area contributed by atoms with Crippen molar-refractivity contribution >= 4 is 17.7 Å². The average Bonchev–Trinajstić information content (AvgIpc) is 3.47. The van der Waals surface area contributed by atoms with Crippen molar-refractivity contribution in [3.63, 3.8) is 0 Å². The molecule has 28 heavy (non-hydrogen) atoms. The number of rotatable bonds is 7. The molecule has 1 atom stereocenters. The molecule has 0 radical (unpaired) electrons. The van der Waals surface area contributed by atoms with Crippen molar-refractivity contribution in [1.29, 1.82) is 0 Å². The molecule has 6 nitrogen and oxygen atoms in total. The fraction of sp³-hybridized carbons (Fsp3) is 0.227. The highest BCUT2D eigenvalue weighted by molar-refractivity contribution is 6.09. The molecule has 1 unspecified atom stereocenters. The van der Waals surface area contributed by atoms with Crippen molar-refractivity contribution in [2.75, 3.05) is 5.32 Å². The van der Waals surface area contributed by atoms with E-state index in [0.29, 0.717) is 17.3 Å². The lowest BCUT2D eigenvalue weighted by Gasteiger charge is -2.16. The molecular formula is C22H21N3O3. The smallest absolute Gasteiger partial charge is 0.323 e. The Morgan fingerprint density at radius 2 is 1.75 bits per heavy atom. The zero-order valence-corrected chi connectivity index (χ0v) is 15.3. The third kappa shape index (κ3) is 4.28. The van der Waals surface area contributed by atoms with Gasteiger partial charge in [-0.3, -0.25) is 14.7 Å². The molecule has 0 spiro atoms. The van der Waals surface area contributed by atoms with Gasteiger partial charge < -0.3 is 10.1 Å². The largest absolute Gasteiger partial charge is 0.460 e. The van der Waals surface area contributed by atoms with Gasteiger partial charge in [0.1, 0.15) is 6.61 Å². The molecule has 0 bridgehead atoms. The van der Waals surface area contributed by atoms with E-state index in [1.54, 1.807) is 24.3 Å². The Bertz CT molecular complexity index is 949. The summed E-state index contributed by atoms with van der Waals surface area (Å²) in [7, 11) is 0. The Balaban J connectivity index is 1.49. The van der Waals surface area contributed by atoms with Crippen LogP contribution in [0, 0.1) is 0 Å². The first kappa shape index (κ1) is 18.0. The Morgan fingerprint density at radius 3 is 2.43 bits per heavy atom. The molecule has 1 aliphatic carbocycles. The molecule has 1 heterocycles. The summed E-state index contributed by atoms with van der Waals surface area (Å²) in [4.78, 5) is 25.7. The zero-order valence-electron chi connectivity index (χ0n) is 15.3. The molecular weight excluding hydrogens is 354 g/mol. The third-order valence-corrected chi connectivity index (χ3v) is 4.72. The summed E-state index contributed by atoms with van der Waals surface area (Å²) in [6.45, 7) is 0.116. The number of H-pyrrole nitrogens is 1. The molecule has 142 valence electrons. The number of carbonyl (C=O) groups is 2. The highest BCUT2D eigenvalue weighted by Gasteiger charge is 2.31. The molecule has 4 rings (SSSR count). The number of hydrogen-bond donors (Lipinski definition) is 2. The number of ether oxygens (including phenoxy) is 1. The van der Waals surface area contributed by atoms with Gasteiger partial charge in [-0.1, -0.05) is 60.7 Å². The van der Waals surface area contributed by atoms with Crippen LogP contribution in [0.15, 0.2) is 66.7 Å². The second-order valence-electron chi connectivity index (χ2n) is 6.91. The number of benzene rings is 2. The number of aromatic amines is 1. The van der Waals surface area contributed by atoms with E-state index in [1.807, 2.05) is 42.5 Å². The fourth-order valence-corrected chi connectivity index (χ4v) is 3.05. The maximum absolute atomic E-state index is 12.9. The Kier molecular flexibility index (Phi) is 5.19. The number of nitrogens with one attached hydrogen (secondary N) is 2. The number of carbonyl (C=O) groups excluding carboxylic acids is 2. The lowest BCUT2D eigenvalue weighted by Crippen LogP contribution is -2.29. The van der Waals surface area contributed by atoms with Gasteiger partial charge in [0.25, 0.3) is 0 Å². The summed E-state index contributed by atoms with van der Waals surface area (Å²) >= 11 is 0. The lowest BCUT2D eigenvalue weighted by molar-refractivity contribution is -0.149. The highest BCUT2D eigenvalue weighted by Crippen LogP contribution is 2.39. The fourth-order valence-electron chi connectivity index (χ4n) is 3.05. The standard InChI is InChI=1S/C22H21N3O3/c26-21(23-19-13-18(24-25-19)16-11-12-16)20(17-9-5-2-6-10-17)22(27)28-14-15-7-3-1-4-8-15/h1-10,13,16,20H,11-12,14H2,(H2,23,24,25,26). The molecule has 0 aliphatic heterocycles. The minimum atomic E-state index is -1.06. The highest BCUT2D eigenvalue weighted by atomic mass is 16.5.